The van der Waals surface area contributed by atoms with Crippen molar-refractivity contribution in [1.29, 1.82) is 0 Å². The van der Waals surface area contributed by atoms with E-state index in [9.17, 15) is 10.2 Å². The molecule has 1 saturated heterocycles. The average Bonchev–Trinajstić information content (AvgIpc) is 3.08. The second kappa shape index (κ2) is 9.13. The molecule has 184 valence electrons. The topological polar surface area (TPSA) is 49.7 Å². The lowest BCUT2D eigenvalue weighted by atomic mass is 9.61. The molecular weight excluding hydrogens is 408 g/mol. The SMILES string of the molecule is C=C1C(=CC=C2CCC[C@@]3(C)C2CC[C@@H]3[C@H](C)/C=C/[C@H](C)C(C)(C)O)C[C@]2(CCO2)CC1O. The molecule has 0 amide bonds. The van der Waals surface area contributed by atoms with Gasteiger partial charge in [-0.15, -0.1) is 0 Å². The molecule has 0 radical (unpaired) electrons. The third-order valence-corrected chi connectivity index (χ3v) is 9.85. The number of rotatable bonds is 5. The van der Waals surface area contributed by atoms with Crippen LogP contribution in [-0.2, 0) is 4.74 Å². The number of hydrogen-bond donors (Lipinski definition) is 2. The summed E-state index contributed by atoms with van der Waals surface area (Å²) in [5.74, 6) is 2.00. The molecule has 4 rings (SSSR count). The third kappa shape index (κ3) is 4.83. The van der Waals surface area contributed by atoms with Gasteiger partial charge in [0.1, 0.15) is 0 Å². The van der Waals surface area contributed by atoms with Crippen molar-refractivity contribution >= 4 is 0 Å². The molecule has 0 aromatic carbocycles. The average molecular weight is 455 g/mol. The lowest BCUT2D eigenvalue weighted by molar-refractivity contribution is -0.166. The van der Waals surface area contributed by atoms with Crippen LogP contribution in [0.2, 0.25) is 0 Å². The molecule has 7 atom stereocenters. The van der Waals surface area contributed by atoms with Crippen LogP contribution >= 0.6 is 0 Å². The summed E-state index contributed by atoms with van der Waals surface area (Å²) in [6, 6.07) is 0. The lowest BCUT2D eigenvalue weighted by Crippen LogP contribution is -2.49. The number of aliphatic hydroxyl groups excluding tert-OH is 1. The number of hydrogen-bond acceptors (Lipinski definition) is 3. The molecule has 0 aromatic rings. The third-order valence-electron chi connectivity index (χ3n) is 9.85. The molecule has 2 unspecified atom stereocenters. The number of allylic oxidation sites excluding steroid dienone is 4. The van der Waals surface area contributed by atoms with Gasteiger partial charge in [-0.2, -0.15) is 0 Å². The number of ether oxygens (including phenoxy) is 1. The Morgan fingerprint density at radius 3 is 2.52 bits per heavy atom. The molecule has 2 N–H and O–H groups in total. The van der Waals surface area contributed by atoms with E-state index in [0.29, 0.717) is 29.6 Å². The van der Waals surface area contributed by atoms with Gasteiger partial charge in [0.15, 0.2) is 0 Å². The summed E-state index contributed by atoms with van der Waals surface area (Å²) in [5.41, 5.74) is 3.18. The predicted octanol–water partition coefficient (Wildman–Crippen LogP) is 6.52. The first kappa shape index (κ1) is 24.9. The summed E-state index contributed by atoms with van der Waals surface area (Å²) in [6.07, 6.45) is 17.7. The van der Waals surface area contributed by atoms with Crippen LogP contribution in [-0.4, -0.2) is 34.1 Å². The maximum atomic E-state index is 10.5. The largest absolute Gasteiger partial charge is 0.390 e. The molecule has 1 heterocycles. The fourth-order valence-electron chi connectivity index (χ4n) is 7.14. The van der Waals surface area contributed by atoms with Crippen molar-refractivity contribution < 1.29 is 14.9 Å². The molecule has 1 aliphatic heterocycles. The van der Waals surface area contributed by atoms with Crippen LogP contribution < -0.4 is 0 Å². The lowest BCUT2D eigenvalue weighted by Gasteiger charge is -2.47. The first-order valence-corrected chi connectivity index (χ1v) is 13.3. The van der Waals surface area contributed by atoms with E-state index in [2.05, 4.69) is 51.7 Å². The van der Waals surface area contributed by atoms with Crippen LogP contribution in [0.25, 0.3) is 0 Å². The van der Waals surface area contributed by atoms with Crippen LogP contribution in [0, 0.1) is 29.1 Å². The van der Waals surface area contributed by atoms with Crippen LogP contribution in [0.1, 0.15) is 86.0 Å². The molecular formula is C30H46O3. The molecule has 0 bridgehead atoms. The summed E-state index contributed by atoms with van der Waals surface area (Å²) in [4.78, 5) is 0. The quantitative estimate of drug-likeness (QED) is 0.465. The molecule has 3 heteroatoms. The second-order valence-corrected chi connectivity index (χ2v) is 12.4. The maximum absolute atomic E-state index is 10.5. The highest BCUT2D eigenvalue weighted by molar-refractivity contribution is 5.40. The Labute approximate surface area is 201 Å². The Bertz CT molecular complexity index is 837. The van der Waals surface area contributed by atoms with Crippen molar-refractivity contribution in [3.05, 3.63) is 47.6 Å². The van der Waals surface area contributed by atoms with Crippen molar-refractivity contribution in [2.75, 3.05) is 6.61 Å². The molecule has 3 saturated carbocycles. The number of aliphatic hydroxyl groups is 2. The highest BCUT2D eigenvalue weighted by Crippen LogP contribution is 2.59. The summed E-state index contributed by atoms with van der Waals surface area (Å²) in [7, 11) is 0. The van der Waals surface area contributed by atoms with Gasteiger partial charge in [-0.1, -0.05) is 57.2 Å². The van der Waals surface area contributed by atoms with E-state index in [-0.39, 0.29) is 11.5 Å². The van der Waals surface area contributed by atoms with E-state index in [1.807, 2.05) is 13.8 Å². The van der Waals surface area contributed by atoms with E-state index >= 15 is 0 Å². The van der Waals surface area contributed by atoms with Crippen molar-refractivity contribution in [2.45, 2.75) is 103 Å². The predicted molar refractivity (Wildman–Crippen MR) is 136 cm³/mol. The molecule has 1 spiro atoms. The van der Waals surface area contributed by atoms with Gasteiger partial charge in [0.25, 0.3) is 0 Å². The molecule has 3 aliphatic carbocycles. The maximum Gasteiger partial charge on any atom is 0.0814 e. The van der Waals surface area contributed by atoms with Crippen molar-refractivity contribution in [3.63, 3.8) is 0 Å². The highest BCUT2D eigenvalue weighted by Gasteiger charge is 2.50. The van der Waals surface area contributed by atoms with E-state index in [0.717, 1.165) is 25.0 Å². The minimum Gasteiger partial charge on any atom is -0.390 e. The smallest absolute Gasteiger partial charge is 0.0814 e. The zero-order chi connectivity index (χ0) is 24.0. The molecule has 0 aromatic heterocycles. The van der Waals surface area contributed by atoms with Gasteiger partial charge in [-0.05, 0) is 80.3 Å². The normalized spacial score (nSPS) is 41.5. The highest BCUT2D eigenvalue weighted by atomic mass is 16.5. The Hall–Kier alpha value is -1.16. The van der Waals surface area contributed by atoms with Crippen molar-refractivity contribution in [2.24, 2.45) is 29.1 Å². The first-order valence-electron chi connectivity index (χ1n) is 13.3. The van der Waals surface area contributed by atoms with E-state index in [4.69, 9.17) is 4.74 Å². The van der Waals surface area contributed by atoms with Crippen LogP contribution in [0.4, 0.5) is 0 Å². The van der Waals surface area contributed by atoms with Crippen LogP contribution in [0.15, 0.2) is 47.6 Å². The summed E-state index contributed by atoms with van der Waals surface area (Å²) < 4.78 is 5.90. The van der Waals surface area contributed by atoms with Gasteiger partial charge in [-0.3, -0.25) is 0 Å². The van der Waals surface area contributed by atoms with E-state index in [1.54, 1.807) is 5.57 Å². The van der Waals surface area contributed by atoms with Gasteiger partial charge in [-0.25, -0.2) is 0 Å². The Kier molecular flexibility index (Phi) is 6.90. The zero-order valence-corrected chi connectivity index (χ0v) is 21.6. The monoisotopic (exact) mass is 454 g/mol. The minimum absolute atomic E-state index is 0.146. The van der Waals surface area contributed by atoms with Gasteiger partial charge >= 0.3 is 0 Å². The summed E-state index contributed by atoms with van der Waals surface area (Å²) in [6.45, 7) is 15.8. The van der Waals surface area contributed by atoms with Gasteiger partial charge < -0.3 is 14.9 Å². The molecule has 3 nitrogen and oxygen atoms in total. The number of fused-ring (bicyclic) bond motifs is 1. The van der Waals surface area contributed by atoms with Crippen LogP contribution in [0.5, 0.6) is 0 Å². The molecule has 4 aliphatic rings. The first-order chi connectivity index (χ1) is 15.5. The fraction of sp³-hybridized carbons (Fsp3) is 0.733. The molecule has 33 heavy (non-hydrogen) atoms. The van der Waals surface area contributed by atoms with Gasteiger partial charge in [0.2, 0.25) is 0 Å². The van der Waals surface area contributed by atoms with Crippen LogP contribution in [0.3, 0.4) is 0 Å². The fourth-order valence-corrected chi connectivity index (χ4v) is 7.14. The standard InChI is InChI=1S/C30H46O3/c1-20(9-10-21(2)28(4,5)32)25-13-14-26-23(8-7-15-29(25,26)6)11-12-24-18-30(16-17-33-30)19-27(31)22(24)3/h9-12,20-21,25-27,31-32H,3,7-8,13-19H2,1-2,4-6H3/b10-9+,23-11?,24-12?/t20-,21+,25-,26?,27?,29-,30-/m1/s1. The zero-order valence-electron chi connectivity index (χ0n) is 21.6. The van der Waals surface area contributed by atoms with Crippen molar-refractivity contribution in [1.82, 2.24) is 0 Å². The Balaban J connectivity index is 1.50. The summed E-state index contributed by atoms with van der Waals surface area (Å²) in [5, 5.41) is 20.8. The summed E-state index contributed by atoms with van der Waals surface area (Å²) >= 11 is 0. The second-order valence-electron chi connectivity index (χ2n) is 12.4. The van der Waals surface area contributed by atoms with Gasteiger partial charge in [0.05, 0.1) is 23.9 Å². The van der Waals surface area contributed by atoms with E-state index < -0.39 is 11.7 Å². The van der Waals surface area contributed by atoms with E-state index in [1.165, 1.54) is 37.7 Å². The Morgan fingerprint density at radius 1 is 1.15 bits per heavy atom. The minimum atomic E-state index is -0.674. The Morgan fingerprint density at radius 2 is 1.88 bits per heavy atom. The molecule has 4 fully saturated rings. The van der Waals surface area contributed by atoms with Crippen molar-refractivity contribution in [3.8, 4) is 0 Å². The van der Waals surface area contributed by atoms with Gasteiger partial charge in [0, 0.05) is 25.2 Å².